The summed E-state index contributed by atoms with van der Waals surface area (Å²) in [5, 5.41) is 12.2. The Bertz CT molecular complexity index is 812. The summed E-state index contributed by atoms with van der Waals surface area (Å²) in [6, 6.07) is 8.51. The molecule has 0 bridgehead atoms. The molecule has 6 nitrogen and oxygen atoms in total. The zero-order chi connectivity index (χ0) is 22.8. The van der Waals surface area contributed by atoms with E-state index in [9.17, 15) is 9.90 Å². The number of ether oxygens (including phenoxy) is 2. The topological polar surface area (TPSA) is 71.9 Å². The van der Waals surface area contributed by atoms with Crippen molar-refractivity contribution in [3.05, 3.63) is 29.6 Å². The van der Waals surface area contributed by atoms with Gasteiger partial charge >= 0.3 is 5.97 Å². The molecule has 1 aliphatic carbocycles. The van der Waals surface area contributed by atoms with Crippen LogP contribution in [0.5, 0.6) is 5.75 Å². The fourth-order valence-electron chi connectivity index (χ4n) is 4.26. The summed E-state index contributed by atoms with van der Waals surface area (Å²) >= 11 is 1.61. The van der Waals surface area contributed by atoms with E-state index in [4.69, 9.17) is 14.5 Å². The highest BCUT2D eigenvalue weighted by atomic mass is 32.1. The number of carbonyl (C=O) groups is 1. The maximum atomic E-state index is 11.2. The number of carboxylic acid groups (broad SMARTS) is 1. The lowest BCUT2D eigenvalue weighted by Gasteiger charge is -2.33. The van der Waals surface area contributed by atoms with E-state index in [1.807, 2.05) is 26.0 Å². The summed E-state index contributed by atoms with van der Waals surface area (Å²) in [6.45, 7) is 6.05. The highest BCUT2D eigenvalue weighted by molar-refractivity contribution is 7.14. The minimum absolute atomic E-state index is 0.143. The van der Waals surface area contributed by atoms with Gasteiger partial charge in [0.2, 0.25) is 0 Å². The average molecular weight is 461 g/mol. The lowest BCUT2D eigenvalue weighted by Crippen LogP contribution is -2.38. The van der Waals surface area contributed by atoms with Gasteiger partial charge < -0.3 is 19.5 Å². The number of hydrogen-bond donors (Lipinski definition) is 1. The molecule has 1 aliphatic heterocycles. The maximum absolute atomic E-state index is 11.2. The predicted octanol–water partition coefficient (Wildman–Crippen LogP) is 6.01. The molecule has 7 heteroatoms. The van der Waals surface area contributed by atoms with Crippen molar-refractivity contribution >= 4 is 22.4 Å². The first kappa shape index (κ1) is 24.5. The highest BCUT2D eigenvalue weighted by Gasteiger charge is 2.24. The van der Waals surface area contributed by atoms with Gasteiger partial charge in [-0.3, -0.25) is 4.79 Å². The van der Waals surface area contributed by atoms with Crippen LogP contribution in [0.3, 0.4) is 0 Å². The molecule has 2 fully saturated rings. The SMILES string of the molecule is CC.O=C(O)CCN(c1nc(-c2ccc(OC3CCOCC3)cc2)cs1)C1CCCCC1. The fourth-order valence-corrected chi connectivity index (χ4v) is 5.20. The van der Waals surface area contributed by atoms with E-state index < -0.39 is 5.97 Å². The summed E-state index contributed by atoms with van der Waals surface area (Å²) in [7, 11) is 0. The van der Waals surface area contributed by atoms with Crippen molar-refractivity contribution in [3.63, 3.8) is 0 Å². The normalized spacial score (nSPS) is 17.3. The summed E-state index contributed by atoms with van der Waals surface area (Å²) < 4.78 is 11.4. The summed E-state index contributed by atoms with van der Waals surface area (Å²) in [6.07, 6.45) is 8.17. The van der Waals surface area contributed by atoms with E-state index in [1.165, 1.54) is 19.3 Å². The standard InChI is InChI=1S/C23H30N2O4S.C2H6/c26-22(27)10-13-25(18-4-2-1-3-5-18)23-24-21(16-30-23)17-6-8-19(9-7-17)29-20-11-14-28-15-12-20;1-2/h6-9,16,18,20H,1-5,10-15H2,(H,26,27);1-2H3. The number of hydrogen-bond acceptors (Lipinski definition) is 6. The van der Waals surface area contributed by atoms with Crippen LogP contribution in [0.2, 0.25) is 0 Å². The van der Waals surface area contributed by atoms with Gasteiger partial charge in [0.1, 0.15) is 11.9 Å². The van der Waals surface area contributed by atoms with Crippen molar-refractivity contribution in [1.29, 1.82) is 0 Å². The van der Waals surface area contributed by atoms with E-state index in [0.29, 0.717) is 12.6 Å². The van der Waals surface area contributed by atoms with Crippen LogP contribution in [0.1, 0.15) is 65.2 Å². The molecule has 1 aromatic carbocycles. The average Bonchev–Trinajstić information content (AvgIpc) is 3.32. The number of carboxylic acids is 1. The smallest absolute Gasteiger partial charge is 0.305 e. The van der Waals surface area contributed by atoms with Crippen LogP contribution in [0.25, 0.3) is 11.3 Å². The first-order valence-corrected chi connectivity index (χ1v) is 12.9. The second-order valence-electron chi connectivity index (χ2n) is 8.10. The van der Waals surface area contributed by atoms with E-state index in [0.717, 1.165) is 61.0 Å². The van der Waals surface area contributed by atoms with Crippen molar-refractivity contribution in [2.75, 3.05) is 24.7 Å². The Morgan fingerprint density at radius 1 is 1.12 bits per heavy atom. The van der Waals surface area contributed by atoms with E-state index in [1.54, 1.807) is 11.3 Å². The Labute approximate surface area is 195 Å². The van der Waals surface area contributed by atoms with Crippen LogP contribution in [0, 0.1) is 0 Å². The van der Waals surface area contributed by atoms with Gasteiger partial charge in [0, 0.05) is 36.4 Å². The molecule has 0 unspecified atom stereocenters. The molecule has 1 saturated heterocycles. The van der Waals surface area contributed by atoms with Gasteiger partial charge in [-0.1, -0.05) is 33.1 Å². The van der Waals surface area contributed by atoms with Gasteiger partial charge in [-0.05, 0) is 37.1 Å². The number of rotatable bonds is 8. The molecule has 1 aromatic heterocycles. The number of benzene rings is 1. The molecular weight excluding hydrogens is 424 g/mol. The van der Waals surface area contributed by atoms with Gasteiger partial charge in [-0.15, -0.1) is 11.3 Å². The van der Waals surface area contributed by atoms with E-state index in [-0.39, 0.29) is 12.5 Å². The Morgan fingerprint density at radius 2 is 1.81 bits per heavy atom. The minimum atomic E-state index is -0.757. The second-order valence-corrected chi connectivity index (χ2v) is 8.93. The van der Waals surface area contributed by atoms with Crippen LogP contribution in [0.15, 0.2) is 29.6 Å². The van der Waals surface area contributed by atoms with Crippen LogP contribution in [0.4, 0.5) is 5.13 Å². The van der Waals surface area contributed by atoms with Crippen LogP contribution >= 0.6 is 11.3 Å². The molecular formula is C25H36N2O4S. The second kappa shape index (κ2) is 12.8. The molecule has 0 amide bonds. The van der Waals surface area contributed by atoms with Crippen molar-refractivity contribution in [3.8, 4) is 17.0 Å². The van der Waals surface area contributed by atoms with E-state index in [2.05, 4.69) is 22.4 Å². The molecule has 0 radical (unpaired) electrons. The molecule has 4 rings (SSSR count). The minimum Gasteiger partial charge on any atom is -0.490 e. The Morgan fingerprint density at radius 3 is 2.47 bits per heavy atom. The van der Waals surface area contributed by atoms with Crippen molar-refractivity contribution in [2.24, 2.45) is 0 Å². The first-order chi connectivity index (χ1) is 15.7. The third-order valence-corrected chi connectivity index (χ3v) is 6.82. The first-order valence-electron chi connectivity index (χ1n) is 12.0. The van der Waals surface area contributed by atoms with Gasteiger partial charge in [0.15, 0.2) is 5.13 Å². The van der Waals surface area contributed by atoms with Crippen LogP contribution < -0.4 is 9.64 Å². The Kier molecular flexibility index (Phi) is 9.81. The molecule has 0 atom stereocenters. The zero-order valence-electron chi connectivity index (χ0n) is 19.3. The molecule has 2 heterocycles. The molecule has 2 aromatic rings. The number of aromatic nitrogens is 1. The summed E-state index contributed by atoms with van der Waals surface area (Å²) in [4.78, 5) is 18.3. The lowest BCUT2D eigenvalue weighted by molar-refractivity contribution is -0.136. The molecule has 1 N–H and O–H groups in total. The predicted molar refractivity (Wildman–Crippen MR) is 130 cm³/mol. The molecule has 2 aliphatic rings. The van der Waals surface area contributed by atoms with Crippen LogP contribution in [-0.2, 0) is 9.53 Å². The molecule has 176 valence electrons. The van der Waals surface area contributed by atoms with Gasteiger partial charge in [0.05, 0.1) is 25.3 Å². The monoisotopic (exact) mass is 460 g/mol. The van der Waals surface area contributed by atoms with E-state index >= 15 is 0 Å². The zero-order valence-corrected chi connectivity index (χ0v) is 20.1. The molecule has 1 saturated carbocycles. The summed E-state index contributed by atoms with van der Waals surface area (Å²) in [5.41, 5.74) is 1.99. The quantitative estimate of drug-likeness (QED) is 0.520. The Hall–Kier alpha value is -2.12. The van der Waals surface area contributed by atoms with Gasteiger partial charge in [-0.2, -0.15) is 0 Å². The number of aliphatic carboxylic acids is 1. The fraction of sp³-hybridized carbons (Fsp3) is 0.600. The number of nitrogens with zero attached hydrogens (tertiary/aromatic N) is 2. The lowest BCUT2D eigenvalue weighted by atomic mass is 9.94. The van der Waals surface area contributed by atoms with Crippen molar-refractivity contribution < 1.29 is 19.4 Å². The Balaban J connectivity index is 0.00000141. The number of anilines is 1. The molecule has 32 heavy (non-hydrogen) atoms. The third kappa shape index (κ3) is 6.94. The maximum Gasteiger partial charge on any atom is 0.305 e. The van der Waals surface area contributed by atoms with Crippen LogP contribution in [-0.4, -0.2) is 48.0 Å². The van der Waals surface area contributed by atoms with Gasteiger partial charge in [0.25, 0.3) is 0 Å². The number of thiazole rings is 1. The third-order valence-electron chi connectivity index (χ3n) is 5.94. The largest absolute Gasteiger partial charge is 0.490 e. The summed E-state index contributed by atoms with van der Waals surface area (Å²) in [5.74, 6) is 0.124. The highest BCUT2D eigenvalue weighted by Crippen LogP contribution is 2.33. The van der Waals surface area contributed by atoms with Crippen molar-refractivity contribution in [2.45, 2.75) is 77.4 Å². The molecule has 0 spiro atoms. The van der Waals surface area contributed by atoms with Crippen molar-refractivity contribution in [1.82, 2.24) is 4.98 Å². The van der Waals surface area contributed by atoms with Gasteiger partial charge in [-0.25, -0.2) is 4.98 Å².